The molecule has 0 spiro atoms. The van der Waals surface area contributed by atoms with Crippen molar-refractivity contribution in [2.45, 2.75) is 13.0 Å². The first-order valence-electron chi connectivity index (χ1n) is 5.41. The second-order valence-electron chi connectivity index (χ2n) is 3.71. The van der Waals surface area contributed by atoms with Gasteiger partial charge in [0.15, 0.2) is 0 Å². The molecule has 0 saturated carbocycles. The Hall–Kier alpha value is -1.10. The number of aryl methyl sites for hydroxylation is 1. The van der Waals surface area contributed by atoms with Gasteiger partial charge in [0.1, 0.15) is 18.5 Å². The summed E-state index contributed by atoms with van der Waals surface area (Å²) in [6.07, 6.45) is -0.563. The fourth-order valence-electron chi connectivity index (χ4n) is 1.30. The van der Waals surface area contributed by atoms with Crippen LogP contribution >= 0.6 is 0 Å². The molecule has 0 aromatic heterocycles. The van der Waals surface area contributed by atoms with Crippen molar-refractivity contribution in [3.05, 3.63) is 29.8 Å². The summed E-state index contributed by atoms with van der Waals surface area (Å²) in [5.41, 5.74) is 1.13. The van der Waals surface area contributed by atoms with Gasteiger partial charge in [0.25, 0.3) is 0 Å². The molecule has 1 aromatic carbocycles. The third-order valence-electron chi connectivity index (χ3n) is 2.10. The van der Waals surface area contributed by atoms with Gasteiger partial charge < -0.3 is 20.3 Å². The van der Waals surface area contributed by atoms with Gasteiger partial charge in [-0.15, -0.1) is 0 Å². The van der Waals surface area contributed by atoms with Crippen molar-refractivity contribution in [2.24, 2.45) is 0 Å². The second kappa shape index (κ2) is 7.22. The van der Waals surface area contributed by atoms with Crippen molar-refractivity contribution in [3.63, 3.8) is 0 Å². The van der Waals surface area contributed by atoms with E-state index in [-0.39, 0.29) is 13.2 Å². The van der Waals surface area contributed by atoms with Crippen LogP contribution in [0.3, 0.4) is 0 Å². The van der Waals surface area contributed by atoms with E-state index >= 15 is 0 Å². The van der Waals surface area contributed by atoms with Crippen molar-refractivity contribution in [2.75, 3.05) is 26.3 Å². The van der Waals surface area contributed by atoms with Gasteiger partial charge in [0.2, 0.25) is 0 Å². The highest BCUT2D eigenvalue weighted by atomic mass is 16.5. The monoisotopic (exact) mass is 225 g/mol. The van der Waals surface area contributed by atoms with Gasteiger partial charge >= 0.3 is 0 Å². The van der Waals surface area contributed by atoms with Crippen molar-refractivity contribution in [1.82, 2.24) is 5.32 Å². The SMILES string of the molecule is Cc1cccc(OCC(O)CNCCO)c1. The zero-order valence-electron chi connectivity index (χ0n) is 9.52. The Labute approximate surface area is 95.9 Å². The van der Waals surface area contributed by atoms with Gasteiger partial charge in [0, 0.05) is 13.1 Å². The molecule has 0 fully saturated rings. The molecule has 0 aliphatic rings. The summed E-state index contributed by atoms with van der Waals surface area (Å²) in [5, 5.41) is 21.0. The first kappa shape index (κ1) is 13.0. The molecule has 4 nitrogen and oxygen atoms in total. The summed E-state index contributed by atoms with van der Waals surface area (Å²) in [7, 11) is 0. The molecule has 16 heavy (non-hydrogen) atoms. The molecule has 1 aromatic rings. The van der Waals surface area contributed by atoms with Gasteiger partial charge in [-0.3, -0.25) is 0 Å². The molecule has 1 unspecified atom stereocenters. The molecule has 0 saturated heterocycles. The van der Waals surface area contributed by atoms with Crippen LogP contribution in [-0.4, -0.2) is 42.6 Å². The zero-order valence-corrected chi connectivity index (χ0v) is 9.52. The first-order valence-corrected chi connectivity index (χ1v) is 5.41. The number of hydrogen-bond donors (Lipinski definition) is 3. The highest BCUT2D eigenvalue weighted by molar-refractivity contribution is 5.27. The molecule has 0 amide bonds. The van der Waals surface area contributed by atoms with Crippen molar-refractivity contribution in [1.29, 1.82) is 0 Å². The van der Waals surface area contributed by atoms with Crippen LogP contribution in [0.5, 0.6) is 5.75 Å². The Morgan fingerprint density at radius 3 is 2.94 bits per heavy atom. The quantitative estimate of drug-likeness (QED) is 0.585. The number of benzene rings is 1. The first-order chi connectivity index (χ1) is 7.72. The Balaban J connectivity index is 2.23. The minimum atomic E-state index is -0.563. The third-order valence-corrected chi connectivity index (χ3v) is 2.10. The summed E-state index contributed by atoms with van der Waals surface area (Å²) in [5.74, 6) is 0.765. The van der Waals surface area contributed by atoms with E-state index < -0.39 is 6.10 Å². The summed E-state index contributed by atoms with van der Waals surface area (Å²) in [4.78, 5) is 0. The smallest absolute Gasteiger partial charge is 0.119 e. The van der Waals surface area contributed by atoms with E-state index in [1.54, 1.807) is 0 Å². The zero-order chi connectivity index (χ0) is 11.8. The fraction of sp³-hybridized carbons (Fsp3) is 0.500. The average Bonchev–Trinajstić information content (AvgIpc) is 2.27. The molecule has 4 heteroatoms. The second-order valence-corrected chi connectivity index (χ2v) is 3.71. The minimum Gasteiger partial charge on any atom is -0.491 e. The lowest BCUT2D eigenvalue weighted by molar-refractivity contribution is 0.105. The largest absolute Gasteiger partial charge is 0.491 e. The molecule has 1 rings (SSSR count). The van der Waals surface area contributed by atoms with Crippen LogP contribution in [-0.2, 0) is 0 Å². The van der Waals surface area contributed by atoms with Crippen molar-refractivity contribution in [3.8, 4) is 5.75 Å². The van der Waals surface area contributed by atoms with Crippen LogP contribution in [0.25, 0.3) is 0 Å². The Morgan fingerprint density at radius 2 is 2.25 bits per heavy atom. The van der Waals surface area contributed by atoms with Crippen LogP contribution in [0, 0.1) is 6.92 Å². The van der Waals surface area contributed by atoms with Gasteiger partial charge in [-0.25, -0.2) is 0 Å². The van der Waals surface area contributed by atoms with E-state index in [0.29, 0.717) is 13.1 Å². The fourth-order valence-corrected chi connectivity index (χ4v) is 1.30. The number of aliphatic hydroxyl groups excluding tert-OH is 2. The Kier molecular flexibility index (Phi) is 5.85. The number of rotatable bonds is 7. The van der Waals surface area contributed by atoms with Gasteiger partial charge in [0.05, 0.1) is 6.61 Å². The summed E-state index contributed by atoms with van der Waals surface area (Å²) >= 11 is 0. The maximum atomic E-state index is 9.54. The highest BCUT2D eigenvalue weighted by Gasteiger charge is 2.04. The predicted octanol–water partition coefficient (Wildman–Crippen LogP) is 0.317. The molecule has 1 atom stereocenters. The lowest BCUT2D eigenvalue weighted by atomic mass is 10.2. The number of hydrogen-bond acceptors (Lipinski definition) is 4. The van der Waals surface area contributed by atoms with Crippen LogP contribution in [0.4, 0.5) is 0 Å². The maximum absolute atomic E-state index is 9.54. The molecule has 0 radical (unpaired) electrons. The average molecular weight is 225 g/mol. The number of ether oxygens (including phenoxy) is 1. The molecule has 0 aliphatic carbocycles. The molecule has 0 bridgehead atoms. The van der Waals surface area contributed by atoms with E-state index in [9.17, 15) is 5.11 Å². The lowest BCUT2D eigenvalue weighted by Gasteiger charge is -2.13. The van der Waals surface area contributed by atoms with Gasteiger partial charge in [-0.1, -0.05) is 12.1 Å². The van der Waals surface area contributed by atoms with E-state index in [4.69, 9.17) is 9.84 Å². The van der Waals surface area contributed by atoms with E-state index in [1.807, 2.05) is 31.2 Å². The topological polar surface area (TPSA) is 61.7 Å². The van der Waals surface area contributed by atoms with Crippen LogP contribution in [0.2, 0.25) is 0 Å². The minimum absolute atomic E-state index is 0.0749. The van der Waals surface area contributed by atoms with E-state index in [2.05, 4.69) is 5.32 Å². The van der Waals surface area contributed by atoms with Crippen LogP contribution in [0.15, 0.2) is 24.3 Å². The molecule has 0 aliphatic heterocycles. The summed E-state index contributed by atoms with van der Waals surface area (Å²) in [6.45, 7) is 3.23. The van der Waals surface area contributed by atoms with Crippen LogP contribution < -0.4 is 10.1 Å². The molecule has 3 N–H and O–H groups in total. The molecular weight excluding hydrogens is 206 g/mol. The van der Waals surface area contributed by atoms with Crippen molar-refractivity contribution >= 4 is 0 Å². The predicted molar refractivity (Wildman–Crippen MR) is 62.6 cm³/mol. The molecular formula is C12H19NO3. The van der Waals surface area contributed by atoms with Crippen LogP contribution in [0.1, 0.15) is 5.56 Å². The summed E-state index contributed by atoms with van der Waals surface area (Å²) < 4.78 is 5.43. The number of aliphatic hydroxyl groups is 2. The number of nitrogens with one attached hydrogen (secondary N) is 1. The Bertz CT molecular complexity index is 304. The Morgan fingerprint density at radius 1 is 1.44 bits per heavy atom. The molecule has 0 heterocycles. The maximum Gasteiger partial charge on any atom is 0.119 e. The lowest BCUT2D eigenvalue weighted by Crippen LogP contribution is -2.32. The standard InChI is InChI=1S/C12H19NO3/c1-10-3-2-4-12(7-10)16-9-11(15)8-13-5-6-14/h2-4,7,11,13-15H,5-6,8-9H2,1H3. The third kappa shape index (κ3) is 5.11. The van der Waals surface area contributed by atoms with E-state index in [0.717, 1.165) is 11.3 Å². The normalized spacial score (nSPS) is 12.4. The highest BCUT2D eigenvalue weighted by Crippen LogP contribution is 2.12. The van der Waals surface area contributed by atoms with Gasteiger partial charge in [-0.2, -0.15) is 0 Å². The summed E-state index contributed by atoms with van der Waals surface area (Å²) in [6, 6.07) is 7.70. The van der Waals surface area contributed by atoms with Gasteiger partial charge in [-0.05, 0) is 24.6 Å². The van der Waals surface area contributed by atoms with E-state index in [1.165, 1.54) is 0 Å². The molecule has 90 valence electrons. The van der Waals surface area contributed by atoms with Crippen molar-refractivity contribution < 1.29 is 14.9 Å².